The summed E-state index contributed by atoms with van der Waals surface area (Å²) in [7, 11) is -9.86. The summed E-state index contributed by atoms with van der Waals surface area (Å²) in [5, 5.41) is 10.4. The SMILES string of the molecule is CCCCCCCC(=O)OC[C@H](COP(=O)(O)OC[C@H](O)COP(=O)(O)OC[C@@H](COC(=O)CCCCCCCCC(C)CC)OC(=O)CCCCCCCCCC(C)C)OC(=O)CCCCCCCCC(C)C. The molecule has 0 radical (unpaired) electrons. The topological polar surface area (TPSA) is 237 Å². The van der Waals surface area contributed by atoms with Gasteiger partial charge in [0.25, 0.3) is 0 Å². The Morgan fingerprint density at radius 2 is 0.689 bits per heavy atom. The van der Waals surface area contributed by atoms with E-state index in [0.29, 0.717) is 37.5 Å². The summed E-state index contributed by atoms with van der Waals surface area (Å²) in [5.41, 5.74) is 0. The van der Waals surface area contributed by atoms with Crippen LogP contribution in [0.15, 0.2) is 0 Å². The number of rotatable bonds is 53. The maximum atomic E-state index is 12.9. The number of hydrogen-bond donors (Lipinski definition) is 3. The van der Waals surface area contributed by atoms with Crippen molar-refractivity contribution in [2.45, 2.75) is 272 Å². The van der Waals surface area contributed by atoms with Gasteiger partial charge in [0.1, 0.15) is 19.3 Å². The van der Waals surface area contributed by atoms with Crippen molar-refractivity contribution in [2.24, 2.45) is 17.8 Å². The fourth-order valence-electron chi connectivity index (χ4n) is 7.86. The van der Waals surface area contributed by atoms with Crippen LogP contribution in [-0.2, 0) is 65.4 Å². The van der Waals surface area contributed by atoms with E-state index in [4.69, 9.17) is 37.0 Å². The van der Waals surface area contributed by atoms with Gasteiger partial charge in [0.2, 0.25) is 0 Å². The van der Waals surface area contributed by atoms with Gasteiger partial charge < -0.3 is 33.8 Å². The highest BCUT2D eigenvalue weighted by Gasteiger charge is 2.30. The number of carbonyl (C=O) groups excluding carboxylic acids is 4. The van der Waals surface area contributed by atoms with Crippen LogP contribution >= 0.6 is 15.6 Å². The smallest absolute Gasteiger partial charge is 0.462 e. The summed E-state index contributed by atoms with van der Waals surface area (Å²) in [6, 6.07) is 0. The Kier molecular flexibility index (Phi) is 45.9. The standard InChI is InChI=1S/C55H106O17P2/c1-8-10-11-19-29-36-52(57)65-42-50(72-55(60)39-32-25-17-15-21-27-34-47(5)6)44-69-73(61,62)67-40-49(56)41-68-74(63,64)70-45-51(71-54(59)38-31-24-14-12-13-20-26-33-46(3)4)43-66-53(58)37-30-23-18-16-22-28-35-48(7)9-2/h46-51,56H,8-45H2,1-7H3,(H,61,62)(H,63,64)/t48?,49-,50+,51+/m0/s1. The van der Waals surface area contributed by atoms with Gasteiger partial charge in [-0.3, -0.25) is 37.3 Å². The van der Waals surface area contributed by atoms with E-state index in [1.807, 2.05) is 0 Å². The zero-order valence-electron chi connectivity index (χ0n) is 47.3. The molecule has 0 rings (SSSR count). The number of aliphatic hydroxyl groups excluding tert-OH is 1. The lowest BCUT2D eigenvalue weighted by molar-refractivity contribution is -0.161. The van der Waals surface area contributed by atoms with Crippen molar-refractivity contribution in [1.82, 2.24) is 0 Å². The van der Waals surface area contributed by atoms with Crippen molar-refractivity contribution in [2.75, 3.05) is 39.6 Å². The van der Waals surface area contributed by atoms with Crippen LogP contribution in [0.25, 0.3) is 0 Å². The molecule has 0 saturated heterocycles. The first kappa shape index (κ1) is 72.1. The Balaban J connectivity index is 5.20. The molecule has 3 unspecified atom stereocenters. The summed E-state index contributed by atoms with van der Waals surface area (Å²) >= 11 is 0. The van der Waals surface area contributed by atoms with Gasteiger partial charge >= 0.3 is 39.5 Å². The average molecular weight is 1100 g/mol. The fraction of sp³-hybridized carbons (Fsp3) is 0.927. The molecule has 0 aromatic heterocycles. The molecule has 0 aliphatic heterocycles. The predicted molar refractivity (Wildman–Crippen MR) is 289 cm³/mol. The van der Waals surface area contributed by atoms with Crippen LogP contribution in [-0.4, -0.2) is 96.7 Å². The molecule has 0 aromatic rings. The second-order valence-electron chi connectivity index (χ2n) is 21.2. The Labute approximate surface area is 447 Å². The zero-order chi connectivity index (χ0) is 55.3. The van der Waals surface area contributed by atoms with Gasteiger partial charge in [-0.05, 0) is 43.4 Å². The molecule has 3 N–H and O–H groups in total. The van der Waals surface area contributed by atoms with Crippen molar-refractivity contribution < 1.29 is 80.2 Å². The molecule has 17 nitrogen and oxygen atoms in total. The van der Waals surface area contributed by atoms with E-state index >= 15 is 0 Å². The first-order valence-corrected chi connectivity index (χ1v) is 31.9. The molecule has 0 aliphatic rings. The minimum atomic E-state index is -4.93. The van der Waals surface area contributed by atoms with Gasteiger partial charge in [0.05, 0.1) is 26.4 Å². The van der Waals surface area contributed by atoms with Crippen LogP contribution in [0.3, 0.4) is 0 Å². The second-order valence-corrected chi connectivity index (χ2v) is 24.1. The van der Waals surface area contributed by atoms with E-state index in [0.717, 1.165) is 109 Å². The number of hydrogen-bond acceptors (Lipinski definition) is 15. The van der Waals surface area contributed by atoms with Crippen LogP contribution < -0.4 is 0 Å². The molecule has 0 amide bonds. The summed E-state index contributed by atoms with van der Waals surface area (Å²) in [6.07, 6.45) is 24.5. The third kappa shape index (κ3) is 48.4. The van der Waals surface area contributed by atoms with E-state index < -0.39 is 97.5 Å². The normalized spacial score (nSPS) is 15.0. The first-order chi connectivity index (χ1) is 35.3. The molecular formula is C55H106O17P2. The summed E-state index contributed by atoms with van der Waals surface area (Å²) in [4.78, 5) is 71.4. The number of unbranched alkanes of at least 4 members (excludes halogenated alkanes) is 20. The summed E-state index contributed by atoms with van der Waals surface area (Å²) in [6.45, 7) is 11.4. The van der Waals surface area contributed by atoms with Gasteiger partial charge in [0.15, 0.2) is 12.2 Å². The Bertz CT molecular complexity index is 1500. The van der Waals surface area contributed by atoms with Crippen LogP contribution in [0.2, 0.25) is 0 Å². The largest absolute Gasteiger partial charge is 0.472 e. The van der Waals surface area contributed by atoms with E-state index in [9.17, 15) is 43.2 Å². The summed E-state index contributed by atoms with van der Waals surface area (Å²) in [5.74, 6) is -0.0699. The number of carbonyl (C=O) groups is 4. The van der Waals surface area contributed by atoms with Crippen LogP contribution in [0.5, 0.6) is 0 Å². The number of ether oxygens (including phenoxy) is 4. The van der Waals surface area contributed by atoms with E-state index in [2.05, 4.69) is 48.5 Å². The molecule has 438 valence electrons. The van der Waals surface area contributed by atoms with E-state index in [1.54, 1.807) is 0 Å². The van der Waals surface area contributed by atoms with Crippen molar-refractivity contribution in [3.8, 4) is 0 Å². The third-order valence-corrected chi connectivity index (χ3v) is 14.6. The van der Waals surface area contributed by atoms with Crippen molar-refractivity contribution >= 4 is 39.5 Å². The quantitative estimate of drug-likeness (QED) is 0.0222. The zero-order valence-corrected chi connectivity index (χ0v) is 49.1. The Morgan fingerprint density at radius 1 is 0.392 bits per heavy atom. The number of phosphoric acid groups is 2. The average Bonchev–Trinajstić information content (AvgIpc) is 3.35. The molecular weight excluding hydrogens is 995 g/mol. The minimum absolute atomic E-state index is 0.100. The van der Waals surface area contributed by atoms with Gasteiger partial charge in [0, 0.05) is 25.7 Å². The number of phosphoric ester groups is 2. The van der Waals surface area contributed by atoms with Crippen molar-refractivity contribution in [3.05, 3.63) is 0 Å². The maximum Gasteiger partial charge on any atom is 0.472 e. The summed E-state index contributed by atoms with van der Waals surface area (Å²) < 4.78 is 67.3. The number of esters is 4. The Hall–Kier alpha value is -1.94. The highest BCUT2D eigenvalue weighted by Crippen LogP contribution is 2.45. The Morgan fingerprint density at radius 3 is 1.03 bits per heavy atom. The highest BCUT2D eigenvalue weighted by atomic mass is 31.2. The lowest BCUT2D eigenvalue weighted by Gasteiger charge is -2.21. The van der Waals surface area contributed by atoms with Crippen LogP contribution in [0.1, 0.15) is 254 Å². The molecule has 74 heavy (non-hydrogen) atoms. The molecule has 0 fully saturated rings. The lowest BCUT2D eigenvalue weighted by Crippen LogP contribution is -2.30. The van der Waals surface area contributed by atoms with Gasteiger partial charge in [-0.1, -0.05) is 203 Å². The van der Waals surface area contributed by atoms with Crippen LogP contribution in [0.4, 0.5) is 0 Å². The van der Waals surface area contributed by atoms with Gasteiger partial charge in [-0.25, -0.2) is 9.13 Å². The molecule has 6 atom stereocenters. The fourth-order valence-corrected chi connectivity index (χ4v) is 9.44. The molecule has 0 aliphatic carbocycles. The second kappa shape index (κ2) is 47.1. The van der Waals surface area contributed by atoms with Crippen molar-refractivity contribution in [3.63, 3.8) is 0 Å². The monoisotopic (exact) mass is 1100 g/mol. The van der Waals surface area contributed by atoms with Gasteiger partial charge in [-0.2, -0.15) is 0 Å². The number of aliphatic hydroxyl groups is 1. The molecule has 0 aromatic carbocycles. The predicted octanol–water partition coefficient (Wildman–Crippen LogP) is 14.0. The molecule has 0 heterocycles. The molecule has 19 heteroatoms. The van der Waals surface area contributed by atoms with E-state index in [-0.39, 0.29) is 25.7 Å². The maximum absolute atomic E-state index is 12.9. The van der Waals surface area contributed by atoms with Crippen molar-refractivity contribution in [1.29, 1.82) is 0 Å². The third-order valence-electron chi connectivity index (χ3n) is 12.7. The minimum Gasteiger partial charge on any atom is -0.462 e. The molecule has 0 saturated carbocycles. The molecule has 0 bridgehead atoms. The molecule has 0 spiro atoms. The lowest BCUT2D eigenvalue weighted by atomic mass is 10.00. The highest BCUT2D eigenvalue weighted by molar-refractivity contribution is 7.47. The van der Waals surface area contributed by atoms with Gasteiger partial charge in [-0.15, -0.1) is 0 Å². The van der Waals surface area contributed by atoms with Crippen LogP contribution in [0, 0.1) is 17.8 Å². The van der Waals surface area contributed by atoms with E-state index in [1.165, 1.54) is 51.4 Å². The first-order valence-electron chi connectivity index (χ1n) is 28.9.